The summed E-state index contributed by atoms with van der Waals surface area (Å²) in [5, 5.41) is 16.5. The van der Waals surface area contributed by atoms with E-state index in [1.165, 1.54) is 11.0 Å². The normalized spacial score (nSPS) is 16.3. The fraction of sp³-hybridized carbons (Fsp3) is 0.286. The Morgan fingerprint density at radius 2 is 1.00 bits per heavy atom. The molecule has 1 aliphatic rings. The molecule has 0 bridgehead atoms. The minimum absolute atomic E-state index is 0.0804. The fourth-order valence-electron chi connectivity index (χ4n) is 5.25. The molecule has 4 nitrogen and oxygen atoms in total. The van der Waals surface area contributed by atoms with Gasteiger partial charge in [0.25, 0.3) is 5.82 Å². The molecule has 234 valence electrons. The Balaban J connectivity index is 1.84. The minimum atomic E-state index is -5.44. The molecule has 0 saturated heterocycles. The van der Waals surface area contributed by atoms with Gasteiger partial charge in [-0.3, -0.25) is 0 Å². The quantitative estimate of drug-likeness (QED) is 0.184. The number of nitrogens with zero attached hydrogens (tertiary/aromatic N) is 3. The van der Waals surface area contributed by atoms with Gasteiger partial charge in [-0.1, -0.05) is 22.9 Å². The van der Waals surface area contributed by atoms with Crippen LogP contribution in [0.1, 0.15) is 51.7 Å². The van der Waals surface area contributed by atoms with E-state index in [1.807, 2.05) is 0 Å². The van der Waals surface area contributed by atoms with Gasteiger partial charge in [-0.2, -0.15) is 52.7 Å². The Morgan fingerprint density at radius 1 is 0.614 bits per heavy atom. The van der Waals surface area contributed by atoms with Crippen molar-refractivity contribution in [1.82, 2.24) is 9.78 Å². The molecule has 0 saturated carbocycles. The molecule has 3 aromatic carbocycles. The van der Waals surface area contributed by atoms with Gasteiger partial charge in [-0.15, -0.1) is 0 Å². The number of aliphatic hydroxyl groups is 1. The number of benzene rings is 3. The highest BCUT2D eigenvalue weighted by atomic mass is 19.4. The van der Waals surface area contributed by atoms with Crippen LogP contribution in [0.2, 0.25) is 0 Å². The zero-order valence-corrected chi connectivity index (χ0v) is 21.7. The van der Waals surface area contributed by atoms with Gasteiger partial charge in [-0.05, 0) is 66.1 Å². The standard InChI is InChI=1S/C28H18F12N3O/c29-25(30,31)17-8-15(9-18(12-17)26(32,33)34)24(44,16-10-19(27(35,36)37)13-20(11-16)28(38,39)40)22-6-7-23-41-43(14-42(22)23)21-4-2-1-3-5-21/h1-5,8-14,22,44H,6-7H2/q+1. The van der Waals surface area contributed by atoms with E-state index in [9.17, 15) is 57.8 Å². The Labute approximate surface area is 239 Å². The zero-order valence-electron chi connectivity index (χ0n) is 21.7. The minimum Gasteiger partial charge on any atom is -0.377 e. The molecule has 4 aromatic rings. The van der Waals surface area contributed by atoms with Crippen molar-refractivity contribution in [2.24, 2.45) is 0 Å². The molecular weight excluding hydrogens is 622 g/mol. The van der Waals surface area contributed by atoms with Gasteiger partial charge in [0.05, 0.1) is 22.3 Å². The van der Waals surface area contributed by atoms with Crippen LogP contribution in [0.3, 0.4) is 0 Å². The van der Waals surface area contributed by atoms with Gasteiger partial charge in [0.15, 0.2) is 0 Å². The Hall–Kier alpha value is -4.08. The van der Waals surface area contributed by atoms with E-state index in [4.69, 9.17) is 0 Å². The van der Waals surface area contributed by atoms with Crippen molar-refractivity contribution in [3.63, 3.8) is 0 Å². The summed E-state index contributed by atoms with van der Waals surface area (Å²) in [6.45, 7) is 0. The van der Waals surface area contributed by atoms with Gasteiger partial charge < -0.3 is 5.11 Å². The molecule has 0 spiro atoms. The summed E-state index contributed by atoms with van der Waals surface area (Å²) < 4.78 is 168. The molecule has 2 heterocycles. The highest BCUT2D eigenvalue weighted by molar-refractivity contribution is 5.46. The van der Waals surface area contributed by atoms with Crippen molar-refractivity contribution in [2.45, 2.75) is 49.2 Å². The van der Waals surface area contributed by atoms with E-state index in [0.29, 0.717) is 5.69 Å². The van der Waals surface area contributed by atoms with Gasteiger partial charge >= 0.3 is 24.7 Å². The number of aromatic nitrogens is 3. The number of alkyl halides is 12. The van der Waals surface area contributed by atoms with E-state index < -0.39 is 69.7 Å². The summed E-state index contributed by atoms with van der Waals surface area (Å²) in [5.41, 5.74) is -13.0. The van der Waals surface area contributed by atoms with Crippen LogP contribution in [0.4, 0.5) is 52.7 Å². The van der Waals surface area contributed by atoms with Gasteiger partial charge in [-0.25, -0.2) is 4.57 Å². The van der Waals surface area contributed by atoms with Gasteiger partial charge in [0.1, 0.15) is 17.3 Å². The Kier molecular flexibility index (Phi) is 7.30. The van der Waals surface area contributed by atoms with Crippen LogP contribution in [0.5, 0.6) is 0 Å². The van der Waals surface area contributed by atoms with Crippen LogP contribution in [0.15, 0.2) is 73.1 Å². The van der Waals surface area contributed by atoms with Crippen molar-refractivity contribution in [1.29, 1.82) is 0 Å². The number of hydrogen-bond donors (Lipinski definition) is 1. The summed E-state index contributed by atoms with van der Waals surface area (Å²) in [5.74, 6) is 0.114. The van der Waals surface area contributed by atoms with E-state index in [0.717, 1.165) is 4.57 Å². The monoisotopic (exact) mass is 640 g/mol. The molecule has 0 fully saturated rings. The van der Waals surface area contributed by atoms with Crippen LogP contribution in [0.25, 0.3) is 5.69 Å². The zero-order chi connectivity index (χ0) is 32.5. The lowest BCUT2D eigenvalue weighted by atomic mass is 9.77. The molecule has 0 radical (unpaired) electrons. The number of para-hydroxylation sites is 1. The summed E-state index contributed by atoms with van der Waals surface area (Å²) in [4.78, 5) is 0. The largest absolute Gasteiger partial charge is 0.416 e. The predicted octanol–water partition coefficient (Wildman–Crippen LogP) is 7.66. The van der Waals surface area contributed by atoms with Crippen LogP contribution in [0, 0.1) is 0 Å². The number of aryl methyl sites for hydroxylation is 1. The Morgan fingerprint density at radius 3 is 1.39 bits per heavy atom. The summed E-state index contributed by atoms with van der Waals surface area (Å²) in [6.07, 6.45) is -20.9. The lowest BCUT2D eigenvalue weighted by molar-refractivity contribution is -0.731. The maximum atomic E-state index is 13.8. The molecule has 0 amide bonds. The number of hydrogen-bond acceptors (Lipinski definition) is 2. The molecular formula is C28H18F12N3O+. The molecule has 1 aliphatic heterocycles. The molecule has 1 aromatic heterocycles. The third kappa shape index (κ3) is 5.74. The molecule has 0 aliphatic carbocycles. The average Bonchev–Trinajstić information content (AvgIpc) is 3.52. The lowest BCUT2D eigenvalue weighted by Crippen LogP contribution is -2.50. The predicted molar refractivity (Wildman–Crippen MR) is 127 cm³/mol. The van der Waals surface area contributed by atoms with Gasteiger partial charge in [0, 0.05) is 11.5 Å². The number of rotatable bonds is 4. The fourth-order valence-corrected chi connectivity index (χ4v) is 5.25. The van der Waals surface area contributed by atoms with Crippen molar-refractivity contribution in [3.05, 3.63) is 112 Å². The summed E-state index contributed by atoms with van der Waals surface area (Å²) in [6, 6.07) is 6.17. The van der Waals surface area contributed by atoms with E-state index in [1.54, 1.807) is 30.3 Å². The first kappa shape index (κ1) is 31.3. The van der Waals surface area contributed by atoms with Crippen molar-refractivity contribution in [2.75, 3.05) is 0 Å². The second-order valence-electron chi connectivity index (χ2n) is 10.1. The second-order valence-corrected chi connectivity index (χ2v) is 10.1. The van der Waals surface area contributed by atoms with Crippen molar-refractivity contribution < 1.29 is 62.4 Å². The SMILES string of the molecule is OC(c1cc(C(F)(F)F)cc(C(F)(F)F)c1)(c1cc(C(F)(F)F)cc(C(F)(F)F)c1)C1CCc2nn(-c3ccccc3)c[n+]21. The number of fused-ring (bicyclic) bond motifs is 1. The molecule has 1 atom stereocenters. The third-order valence-electron chi connectivity index (χ3n) is 7.29. The van der Waals surface area contributed by atoms with Crippen LogP contribution >= 0.6 is 0 Å². The lowest BCUT2D eigenvalue weighted by Gasteiger charge is -2.35. The highest BCUT2D eigenvalue weighted by Gasteiger charge is 2.52. The second kappa shape index (κ2) is 10.2. The molecule has 5 rings (SSSR count). The van der Waals surface area contributed by atoms with E-state index >= 15 is 0 Å². The maximum Gasteiger partial charge on any atom is 0.416 e. The summed E-state index contributed by atoms with van der Waals surface area (Å²) in [7, 11) is 0. The van der Waals surface area contributed by atoms with Crippen LogP contribution in [-0.2, 0) is 36.7 Å². The Bertz CT molecular complexity index is 1550. The molecule has 16 heteroatoms. The first-order valence-corrected chi connectivity index (χ1v) is 12.6. The smallest absolute Gasteiger partial charge is 0.377 e. The first-order chi connectivity index (χ1) is 20.2. The van der Waals surface area contributed by atoms with Crippen LogP contribution in [-0.4, -0.2) is 14.9 Å². The van der Waals surface area contributed by atoms with E-state index in [2.05, 4.69) is 5.10 Å². The molecule has 1 unspecified atom stereocenters. The highest BCUT2D eigenvalue weighted by Crippen LogP contribution is 2.48. The molecule has 44 heavy (non-hydrogen) atoms. The van der Waals surface area contributed by atoms with Crippen LogP contribution < -0.4 is 4.57 Å². The summed E-state index contributed by atoms with van der Waals surface area (Å²) >= 11 is 0. The van der Waals surface area contributed by atoms with E-state index in [-0.39, 0.29) is 55.1 Å². The average molecular weight is 640 g/mol. The third-order valence-corrected chi connectivity index (χ3v) is 7.29. The molecule has 1 N–H and O–H groups in total. The number of halogens is 12. The van der Waals surface area contributed by atoms with Gasteiger partial charge in [0.2, 0.25) is 6.33 Å². The van der Waals surface area contributed by atoms with Crippen molar-refractivity contribution >= 4 is 0 Å². The maximum absolute atomic E-state index is 13.8. The first-order valence-electron chi connectivity index (χ1n) is 12.6. The topological polar surface area (TPSA) is 41.9 Å². The van der Waals surface area contributed by atoms with Crippen molar-refractivity contribution in [3.8, 4) is 5.69 Å².